The first-order chi connectivity index (χ1) is 19.3. The number of piperidine rings is 1. The van der Waals surface area contributed by atoms with Gasteiger partial charge in [0.2, 0.25) is 5.91 Å². The van der Waals surface area contributed by atoms with Crippen LogP contribution in [0.25, 0.3) is 22.2 Å². The standard InChI is InChI=1S/C31H32F2N4O3/c1-18-29(19(2)40-35-18)20-6-9-26-25(14-20)34-30(37(26)21-10-12-31(13-11-21)16-39-17-31)27-4-3-5-28(38)36(27)22-7-8-23(32)24(33)15-22/h6-9,14-15,21,27H,3-5,10-13,16-17H2,1-2H3/t27-/m1/s1. The monoisotopic (exact) mass is 546 g/mol. The summed E-state index contributed by atoms with van der Waals surface area (Å²) in [6, 6.07) is 9.79. The lowest BCUT2D eigenvalue weighted by Crippen LogP contribution is -2.45. The Hall–Kier alpha value is -3.59. The first-order valence-corrected chi connectivity index (χ1v) is 14.1. The van der Waals surface area contributed by atoms with Gasteiger partial charge >= 0.3 is 0 Å². The highest BCUT2D eigenvalue weighted by molar-refractivity contribution is 5.95. The molecule has 9 heteroatoms. The molecule has 0 N–H and O–H groups in total. The van der Waals surface area contributed by atoms with Crippen LogP contribution in [0.3, 0.4) is 0 Å². The zero-order valence-electron chi connectivity index (χ0n) is 22.8. The number of anilines is 1. The van der Waals surface area contributed by atoms with Gasteiger partial charge in [-0.15, -0.1) is 0 Å². The maximum Gasteiger partial charge on any atom is 0.227 e. The summed E-state index contributed by atoms with van der Waals surface area (Å²) in [7, 11) is 0. The Morgan fingerprint density at radius 2 is 1.80 bits per heavy atom. The Morgan fingerprint density at radius 3 is 2.48 bits per heavy atom. The molecular formula is C31H32F2N4O3. The van der Waals surface area contributed by atoms with Crippen LogP contribution in [0.4, 0.5) is 14.5 Å². The molecule has 3 fully saturated rings. The van der Waals surface area contributed by atoms with Gasteiger partial charge in [-0.3, -0.25) is 4.79 Å². The van der Waals surface area contributed by atoms with Crippen LogP contribution in [0.15, 0.2) is 40.9 Å². The van der Waals surface area contributed by atoms with Gasteiger partial charge in [-0.1, -0.05) is 11.2 Å². The molecule has 4 aromatic rings. The summed E-state index contributed by atoms with van der Waals surface area (Å²) >= 11 is 0. The van der Waals surface area contributed by atoms with Crippen molar-refractivity contribution in [1.29, 1.82) is 0 Å². The number of ether oxygens (including phenoxy) is 1. The van der Waals surface area contributed by atoms with Crippen LogP contribution in [-0.2, 0) is 9.53 Å². The number of nitrogens with zero attached hydrogens (tertiary/aromatic N) is 4. The second-order valence-corrected chi connectivity index (χ2v) is 11.7. The number of fused-ring (bicyclic) bond motifs is 1. The van der Waals surface area contributed by atoms with Gasteiger partial charge in [0.25, 0.3) is 0 Å². The van der Waals surface area contributed by atoms with E-state index in [4.69, 9.17) is 14.2 Å². The number of amides is 1. The van der Waals surface area contributed by atoms with Crippen molar-refractivity contribution in [2.45, 2.75) is 70.9 Å². The summed E-state index contributed by atoms with van der Waals surface area (Å²) in [5.41, 5.74) is 5.26. The molecule has 40 heavy (non-hydrogen) atoms. The molecule has 4 heterocycles. The third-order valence-electron chi connectivity index (χ3n) is 9.16. The minimum absolute atomic E-state index is 0.105. The SMILES string of the molecule is Cc1noc(C)c1-c1ccc2c(c1)nc([C@H]1CCCC(=O)N1c1ccc(F)c(F)c1)n2C1CCC2(CC1)COC2. The second kappa shape index (κ2) is 9.51. The second-order valence-electron chi connectivity index (χ2n) is 11.7. The van der Waals surface area contributed by atoms with Crippen LogP contribution >= 0.6 is 0 Å². The highest BCUT2D eigenvalue weighted by Crippen LogP contribution is 2.48. The molecule has 0 bridgehead atoms. The Bertz CT molecular complexity index is 1590. The number of rotatable bonds is 4. The van der Waals surface area contributed by atoms with Crippen molar-refractivity contribution in [3.05, 3.63) is 65.3 Å². The van der Waals surface area contributed by atoms with Gasteiger partial charge in [0.15, 0.2) is 11.6 Å². The van der Waals surface area contributed by atoms with Crippen molar-refractivity contribution in [1.82, 2.24) is 14.7 Å². The zero-order chi connectivity index (χ0) is 27.6. The number of aryl methyl sites for hydroxylation is 2. The van der Waals surface area contributed by atoms with Gasteiger partial charge in [0.1, 0.15) is 11.6 Å². The molecule has 208 valence electrons. The van der Waals surface area contributed by atoms with Crippen molar-refractivity contribution in [3.8, 4) is 11.1 Å². The number of halogens is 2. The van der Waals surface area contributed by atoms with Gasteiger partial charge in [0, 0.05) is 35.2 Å². The first kappa shape index (κ1) is 25.4. The summed E-state index contributed by atoms with van der Waals surface area (Å²) in [4.78, 5) is 20.2. The Labute approximate surface area is 231 Å². The summed E-state index contributed by atoms with van der Waals surface area (Å²) in [6.07, 6.45) is 5.93. The largest absolute Gasteiger partial charge is 0.380 e. The fourth-order valence-electron chi connectivity index (χ4n) is 7.01. The topological polar surface area (TPSA) is 73.4 Å². The molecule has 1 amide bonds. The lowest BCUT2D eigenvalue weighted by Gasteiger charge is -2.47. The minimum atomic E-state index is -0.965. The quantitative estimate of drug-likeness (QED) is 0.276. The number of hydrogen-bond acceptors (Lipinski definition) is 5. The summed E-state index contributed by atoms with van der Waals surface area (Å²) in [5, 5.41) is 4.12. The number of carbonyl (C=O) groups is 1. The van der Waals surface area contributed by atoms with Crippen molar-refractivity contribution >= 4 is 22.6 Å². The maximum absolute atomic E-state index is 14.3. The highest BCUT2D eigenvalue weighted by atomic mass is 19.2. The predicted octanol–water partition coefficient (Wildman–Crippen LogP) is 6.98. The molecule has 1 spiro atoms. The van der Waals surface area contributed by atoms with Gasteiger partial charge in [-0.05, 0) is 82.2 Å². The number of benzene rings is 2. The molecule has 7 rings (SSSR count). The molecule has 2 saturated heterocycles. The highest BCUT2D eigenvalue weighted by Gasteiger charge is 2.43. The van der Waals surface area contributed by atoms with E-state index in [0.717, 1.165) is 90.5 Å². The van der Waals surface area contributed by atoms with Gasteiger partial charge in [-0.2, -0.15) is 0 Å². The Kier molecular flexibility index (Phi) is 6.03. The van der Waals surface area contributed by atoms with E-state index in [0.29, 0.717) is 30.4 Å². The number of hydrogen-bond donors (Lipinski definition) is 0. The number of aromatic nitrogens is 3. The maximum atomic E-state index is 14.3. The predicted molar refractivity (Wildman–Crippen MR) is 146 cm³/mol. The molecule has 2 aromatic carbocycles. The van der Waals surface area contributed by atoms with Crippen molar-refractivity contribution in [3.63, 3.8) is 0 Å². The molecule has 7 nitrogen and oxygen atoms in total. The van der Waals surface area contributed by atoms with E-state index in [1.165, 1.54) is 6.07 Å². The molecule has 1 saturated carbocycles. The smallest absolute Gasteiger partial charge is 0.227 e. The van der Waals surface area contributed by atoms with Crippen LogP contribution in [0.1, 0.15) is 74.3 Å². The van der Waals surface area contributed by atoms with Crippen molar-refractivity contribution in [2.24, 2.45) is 5.41 Å². The molecular weight excluding hydrogens is 514 g/mol. The third kappa shape index (κ3) is 4.05. The average molecular weight is 547 g/mol. The average Bonchev–Trinajstić information content (AvgIpc) is 3.48. The molecule has 1 aliphatic carbocycles. The third-order valence-corrected chi connectivity index (χ3v) is 9.16. The first-order valence-electron chi connectivity index (χ1n) is 14.1. The van der Waals surface area contributed by atoms with Gasteiger partial charge < -0.3 is 18.7 Å². The van der Waals surface area contributed by atoms with Crippen LogP contribution in [0.2, 0.25) is 0 Å². The zero-order valence-corrected chi connectivity index (χ0v) is 22.8. The van der Waals surface area contributed by atoms with E-state index in [-0.39, 0.29) is 18.0 Å². The fourth-order valence-corrected chi connectivity index (χ4v) is 7.01. The van der Waals surface area contributed by atoms with Crippen LogP contribution < -0.4 is 4.90 Å². The van der Waals surface area contributed by atoms with Gasteiger partial charge in [-0.25, -0.2) is 13.8 Å². The normalized spacial score (nSPS) is 21.4. The van der Waals surface area contributed by atoms with Crippen molar-refractivity contribution < 1.29 is 22.8 Å². The van der Waals surface area contributed by atoms with Crippen LogP contribution in [-0.4, -0.2) is 33.8 Å². The number of imidazole rings is 1. The van der Waals surface area contributed by atoms with E-state index in [9.17, 15) is 13.6 Å². The van der Waals surface area contributed by atoms with E-state index in [1.807, 2.05) is 13.8 Å². The lowest BCUT2D eigenvalue weighted by atomic mass is 9.71. The van der Waals surface area contributed by atoms with E-state index in [1.54, 1.807) is 4.90 Å². The summed E-state index contributed by atoms with van der Waals surface area (Å²) in [5.74, 6) is -0.451. The molecule has 2 aliphatic heterocycles. The van der Waals surface area contributed by atoms with E-state index in [2.05, 4.69) is 27.9 Å². The van der Waals surface area contributed by atoms with Crippen LogP contribution in [0.5, 0.6) is 0 Å². The lowest BCUT2D eigenvalue weighted by molar-refractivity contribution is -0.135. The number of carbonyl (C=O) groups excluding carboxylic acids is 1. The molecule has 0 unspecified atom stereocenters. The summed E-state index contributed by atoms with van der Waals surface area (Å²) < 4.78 is 41.5. The summed E-state index contributed by atoms with van der Waals surface area (Å²) in [6.45, 7) is 5.49. The van der Waals surface area contributed by atoms with Gasteiger partial charge in [0.05, 0.1) is 36.0 Å². The minimum Gasteiger partial charge on any atom is -0.380 e. The van der Waals surface area contributed by atoms with Crippen molar-refractivity contribution in [2.75, 3.05) is 18.1 Å². The van der Waals surface area contributed by atoms with E-state index < -0.39 is 11.6 Å². The molecule has 0 radical (unpaired) electrons. The van der Waals surface area contributed by atoms with E-state index >= 15 is 0 Å². The molecule has 3 aliphatic rings. The Balaban J connectivity index is 1.36. The van der Waals surface area contributed by atoms with Crippen LogP contribution in [0, 0.1) is 30.9 Å². The Morgan fingerprint density at radius 1 is 1.00 bits per heavy atom. The fraction of sp³-hybridized carbons (Fsp3) is 0.452. The molecule has 1 atom stereocenters. The molecule has 2 aromatic heterocycles.